The molecule has 0 amide bonds. The molecule has 74 valence electrons. The SMILES string of the molecule is CCC(CC)C12CC(C(=O)O)(C1)C2. The lowest BCUT2D eigenvalue weighted by molar-refractivity contribution is -0.243. The van der Waals surface area contributed by atoms with Gasteiger partial charge in [0.05, 0.1) is 5.41 Å². The predicted octanol–water partition coefficient (Wildman–Crippen LogP) is 2.68. The summed E-state index contributed by atoms with van der Waals surface area (Å²) in [6.45, 7) is 4.45. The van der Waals surface area contributed by atoms with Crippen LogP contribution < -0.4 is 0 Å². The summed E-state index contributed by atoms with van der Waals surface area (Å²) < 4.78 is 0. The molecule has 0 saturated heterocycles. The number of hydrogen-bond acceptors (Lipinski definition) is 1. The Bertz CT molecular complexity index is 221. The van der Waals surface area contributed by atoms with Crippen molar-refractivity contribution in [3.05, 3.63) is 0 Å². The van der Waals surface area contributed by atoms with Gasteiger partial charge in [-0.15, -0.1) is 0 Å². The van der Waals surface area contributed by atoms with Crippen molar-refractivity contribution in [2.45, 2.75) is 46.0 Å². The third-order valence-corrected chi connectivity index (χ3v) is 4.38. The minimum absolute atomic E-state index is 0.275. The molecule has 0 aromatic heterocycles. The molecule has 2 nitrogen and oxygen atoms in total. The summed E-state index contributed by atoms with van der Waals surface area (Å²) in [6, 6.07) is 0. The van der Waals surface area contributed by atoms with Gasteiger partial charge in [-0.25, -0.2) is 0 Å². The molecule has 1 N–H and O–H groups in total. The number of hydrogen-bond donors (Lipinski definition) is 1. The first-order valence-electron chi connectivity index (χ1n) is 5.32. The van der Waals surface area contributed by atoms with Gasteiger partial charge < -0.3 is 5.11 Å². The van der Waals surface area contributed by atoms with Gasteiger partial charge in [0.2, 0.25) is 0 Å². The minimum Gasteiger partial charge on any atom is -0.481 e. The van der Waals surface area contributed by atoms with Crippen LogP contribution in [0.3, 0.4) is 0 Å². The van der Waals surface area contributed by atoms with Crippen LogP contribution in [0.4, 0.5) is 0 Å². The Morgan fingerprint density at radius 1 is 1.31 bits per heavy atom. The molecule has 0 heterocycles. The monoisotopic (exact) mass is 182 g/mol. The second-order valence-corrected chi connectivity index (χ2v) is 4.99. The van der Waals surface area contributed by atoms with E-state index in [1.54, 1.807) is 0 Å². The molecule has 0 unspecified atom stereocenters. The van der Waals surface area contributed by atoms with Crippen LogP contribution in [0.5, 0.6) is 0 Å². The van der Waals surface area contributed by atoms with Gasteiger partial charge in [-0.1, -0.05) is 26.7 Å². The molecule has 2 bridgehead atoms. The second kappa shape index (κ2) is 2.49. The summed E-state index contributed by atoms with van der Waals surface area (Å²) in [5.41, 5.74) is 0.171. The van der Waals surface area contributed by atoms with Gasteiger partial charge in [0.25, 0.3) is 0 Å². The van der Waals surface area contributed by atoms with Gasteiger partial charge in [0.1, 0.15) is 0 Å². The Labute approximate surface area is 79.3 Å². The van der Waals surface area contributed by atoms with Crippen molar-refractivity contribution in [3.63, 3.8) is 0 Å². The molecule has 3 saturated carbocycles. The van der Waals surface area contributed by atoms with Crippen LogP contribution in [0.1, 0.15) is 46.0 Å². The molecule has 0 aromatic rings. The zero-order valence-corrected chi connectivity index (χ0v) is 8.47. The van der Waals surface area contributed by atoms with Gasteiger partial charge in [-0.2, -0.15) is 0 Å². The zero-order valence-electron chi connectivity index (χ0n) is 8.47. The molecule has 3 aliphatic carbocycles. The van der Waals surface area contributed by atoms with Crippen LogP contribution in [-0.4, -0.2) is 11.1 Å². The van der Waals surface area contributed by atoms with Crippen molar-refractivity contribution in [1.29, 1.82) is 0 Å². The van der Waals surface area contributed by atoms with E-state index in [4.69, 9.17) is 5.11 Å². The standard InChI is InChI=1S/C11H18O2/c1-3-8(4-2)10-5-11(6-10,7-10)9(12)13/h8H,3-7H2,1-2H3,(H,12,13). The largest absolute Gasteiger partial charge is 0.481 e. The highest BCUT2D eigenvalue weighted by molar-refractivity contribution is 5.79. The predicted molar refractivity (Wildman–Crippen MR) is 50.4 cm³/mol. The Morgan fingerprint density at radius 2 is 1.77 bits per heavy atom. The van der Waals surface area contributed by atoms with Gasteiger partial charge in [0, 0.05) is 0 Å². The lowest BCUT2D eigenvalue weighted by Gasteiger charge is -2.71. The number of rotatable bonds is 4. The summed E-state index contributed by atoms with van der Waals surface area (Å²) in [5, 5.41) is 8.97. The van der Waals surface area contributed by atoms with Gasteiger partial charge in [-0.3, -0.25) is 4.79 Å². The molecule has 2 heteroatoms. The quantitative estimate of drug-likeness (QED) is 0.725. The van der Waals surface area contributed by atoms with E-state index in [1.165, 1.54) is 12.8 Å². The lowest BCUT2D eigenvalue weighted by atomic mass is 9.31. The van der Waals surface area contributed by atoms with E-state index in [0.717, 1.165) is 25.2 Å². The zero-order chi connectivity index (χ0) is 9.69. The third kappa shape index (κ3) is 0.918. The normalized spacial score (nSPS) is 41.2. The highest BCUT2D eigenvalue weighted by Crippen LogP contribution is 2.77. The van der Waals surface area contributed by atoms with E-state index in [2.05, 4.69) is 13.8 Å². The molecule has 0 aliphatic heterocycles. The molecular weight excluding hydrogens is 164 g/mol. The topological polar surface area (TPSA) is 37.3 Å². The maximum Gasteiger partial charge on any atom is 0.309 e. The number of carboxylic acids is 1. The van der Waals surface area contributed by atoms with Crippen LogP contribution >= 0.6 is 0 Å². The Kier molecular flexibility index (Phi) is 1.73. The minimum atomic E-state index is -0.555. The molecule has 0 aromatic carbocycles. The van der Waals surface area contributed by atoms with E-state index in [0.29, 0.717) is 5.41 Å². The molecule has 3 rings (SSSR count). The second-order valence-electron chi connectivity index (χ2n) is 4.99. The molecule has 0 radical (unpaired) electrons. The van der Waals surface area contributed by atoms with Gasteiger partial charge in [0.15, 0.2) is 0 Å². The van der Waals surface area contributed by atoms with Crippen molar-refractivity contribution in [2.75, 3.05) is 0 Å². The smallest absolute Gasteiger partial charge is 0.309 e. The van der Waals surface area contributed by atoms with Crippen LogP contribution in [0.25, 0.3) is 0 Å². The Morgan fingerprint density at radius 3 is 2.08 bits per heavy atom. The third-order valence-electron chi connectivity index (χ3n) is 4.38. The first-order valence-corrected chi connectivity index (χ1v) is 5.32. The van der Waals surface area contributed by atoms with Gasteiger partial charge >= 0.3 is 5.97 Å². The van der Waals surface area contributed by atoms with Crippen LogP contribution in [-0.2, 0) is 4.79 Å². The van der Waals surface area contributed by atoms with Crippen LogP contribution in [0.2, 0.25) is 0 Å². The molecular formula is C11H18O2. The van der Waals surface area contributed by atoms with Crippen molar-refractivity contribution in [2.24, 2.45) is 16.7 Å². The first-order chi connectivity index (χ1) is 6.08. The van der Waals surface area contributed by atoms with Crippen molar-refractivity contribution in [3.8, 4) is 0 Å². The average Bonchev–Trinajstić information content (AvgIpc) is 1.91. The molecule has 13 heavy (non-hydrogen) atoms. The summed E-state index contributed by atoms with van der Waals surface area (Å²) in [7, 11) is 0. The Hall–Kier alpha value is -0.530. The summed E-state index contributed by atoms with van der Waals surface area (Å²) in [6.07, 6.45) is 5.31. The fourth-order valence-electron chi connectivity index (χ4n) is 3.68. The van der Waals surface area contributed by atoms with E-state index in [-0.39, 0.29) is 5.41 Å². The summed E-state index contributed by atoms with van der Waals surface area (Å²) in [4.78, 5) is 10.9. The maximum atomic E-state index is 10.9. The summed E-state index contributed by atoms with van der Waals surface area (Å²) >= 11 is 0. The molecule has 3 fully saturated rings. The highest BCUT2D eigenvalue weighted by atomic mass is 16.4. The first kappa shape index (κ1) is 9.04. The maximum absolute atomic E-state index is 10.9. The van der Waals surface area contributed by atoms with Crippen LogP contribution in [0.15, 0.2) is 0 Å². The van der Waals surface area contributed by atoms with E-state index >= 15 is 0 Å². The van der Waals surface area contributed by atoms with Crippen molar-refractivity contribution in [1.82, 2.24) is 0 Å². The van der Waals surface area contributed by atoms with Crippen LogP contribution in [0, 0.1) is 16.7 Å². The Balaban J connectivity index is 1.99. The fraction of sp³-hybridized carbons (Fsp3) is 0.909. The molecule has 0 atom stereocenters. The van der Waals surface area contributed by atoms with E-state index < -0.39 is 5.97 Å². The summed E-state index contributed by atoms with van der Waals surface area (Å²) in [5.74, 6) is 0.217. The van der Waals surface area contributed by atoms with E-state index in [9.17, 15) is 4.79 Å². The number of aliphatic carboxylic acids is 1. The molecule has 0 spiro atoms. The fourth-order valence-corrected chi connectivity index (χ4v) is 3.68. The lowest BCUT2D eigenvalue weighted by Crippen LogP contribution is -2.67. The number of carbonyl (C=O) groups is 1. The van der Waals surface area contributed by atoms with Crippen molar-refractivity contribution < 1.29 is 9.90 Å². The van der Waals surface area contributed by atoms with E-state index in [1.807, 2.05) is 0 Å². The average molecular weight is 182 g/mol. The number of carboxylic acid groups (broad SMARTS) is 1. The highest BCUT2D eigenvalue weighted by Gasteiger charge is 2.73. The van der Waals surface area contributed by atoms with Crippen molar-refractivity contribution >= 4 is 5.97 Å². The molecule has 3 aliphatic rings. The van der Waals surface area contributed by atoms with Gasteiger partial charge in [-0.05, 0) is 30.6 Å².